The van der Waals surface area contributed by atoms with E-state index in [0.717, 1.165) is 11.8 Å². The third-order valence-corrected chi connectivity index (χ3v) is 6.28. The summed E-state index contributed by atoms with van der Waals surface area (Å²) in [7, 11) is 3.43. The van der Waals surface area contributed by atoms with Crippen LogP contribution in [0.5, 0.6) is 0 Å². The number of aldehydes is 1. The molecule has 1 aromatic carbocycles. The summed E-state index contributed by atoms with van der Waals surface area (Å²) in [6.45, 7) is 16.1. The number of hydrogen-bond donors (Lipinski definition) is 8. The number of rotatable bonds is 20. The highest BCUT2D eigenvalue weighted by atomic mass is 17.1. The molecule has 0 saturated carbocycles. The van der Waals surface area contributed by atoms with Crippen LogP contribution in [0.25, 0.3) is 0 Å². The lowest BCUT2D eigenvalue weighted by atomic mass is 10.1. The molecule has 0 aliphatic carbocycles. The number of amides is 1. The van der Waals surface area contributed by atoms with Crippen LogP contribution in [0.4, 0.5) is 0 Å². The zero-order valence-corrected chi connectivity index (χ0v) is 27.8. The second-order valence-electron chi connectivity index (χ2n) is 10.6. The number of hydrogen-bond acceptors (Lipinski definition) is 12. The molecule has 262 valence electrons. The van der Waals surface area contributed by atoms with E-state index in [9.17, 15) is 9.59 Å². The molecule has 1 amide bonds. The predicted molar refractivity (Wildman–Crippen MR) is 180 cm³/mol. The average molecular weight is 627 g/mol. The molecule has 0 aromatic heterocycles. The molecule has 0 fully saturated rings. The van der Waals surface area contributed by atoms with E-state index >= 15 is 0 Å². The summed E-state index contributed by atoms with van der Waals surface area (Å²) < 4.78 is 10.8. The van der Waals surface area contributed by atoms with Crippen molar-refractivity contribution in [2.75, 3.05) is 40.8 Å². The minimum absolute atomic E-state index is 0. The first-order valence-electron chi connectivity index (χ1n) is 14.8. The number of carbonyl (C=O) groups is 2. The molecular formula is C30H70N6O7. The lowest BCUT2D eigenvalue weighted by Crippen LogP contribution is -2.43. The summed E-state index contributed by atoms with van der Waals surface area (Å²) in [6.07, 6.45) is 1.57. The Morgan fingerprint density at radius 3 is 1.81 bits per heavy atom. The molecule has 0 spiro atoms. The number of nitrogens with two attached hydrogens (primary N) is 2. The van der Waals surface area contributed by atoms with Crippen LogP contribution in [0, 0.1) is 17.8 Å². The zero-order valence-electron chi connectivity index (χ0n) is 27.8. The van der Waals surface area contributed by atoms with Crippen LogP contribution in [0.3, 0.4) is 0 Å². The Kier molecular flexibility index (Phi) is 33.1. The number of ether oxygens (including phenoxy) is 2. The van der Waals surface area contributed by atoms with Gasteiger partial charge in [0.2, 0.25) is 5.91 Å². The van der Waals surface area contributed by atoms with E-state index < -0.39 is 0 Å². The summed E-state index contributed by atoms with van der Waals surface area (Å²) in [6, 6.07) is 9.24. The van der Waals surface area contributed by atoms with Crippen molar-refractivity contribution in [2.45, 2.75) is 85.7 Å². The Balaban J connectivity index is -0.0000000981. The maximum absolute atomic E-state index is 10.9. The highest BCUT2D eigenvalue weighted by Gasteiger charge is 2.15. The molecular weight excluding hydrogens is 556 g/mol. The van der Waals surface area contributed by atoms with Crippen molar-refractivity contribution in [3.63, 3.8) is 0 Å². The Morgan fingerprint density at radius 2 is 1.44 bits per heavy atom. The number of carbonyl (C=O) groups excluding carboxylic acids is 2. The number of primary amides is 1. The molecule has 0 bridgehead atoms. The molecule has 0 aliphatic rings. The third-order valence-electron chi connectivity index (χ3n) is 6.28. The number of benzene rings is 1. The van der Waals surface area contributed by atoms with Gasteiger partial charge >= 0.3 is 0 Å². The van der Waals surface area contributed by atoms with E-state index in [0.29, 0.717) is 44.2 Å². The van der Waals surface area contributed by atoms with Gasteiger partial charge in [-0.1, -0.05) is 78.8 Å². The fourth-order valence-corrected chi connectivity index (χ4v) is 3.21. The largest absolute Gasteiger partial charge is 0.368 e. The predicted octanol–water partition coefficient (Wildman–Crippen LogP) is 3.07. The van der Waals surface area contributed by atoms with Gasteiger partial charge in [0.15, 0.2) is 0 Å². The van der Waals surface area contributed by atoms with E-state index in [1.807, 2.05) is 72.0 Å². The Bertz CT molecular complexity index is 743. The fraction of sp³-hybridized carbons (Fsp3) is 0.733. The smallest absolute Gasteiger partial charge is 0.234 e. The van der Waals surface area contributed by atoms with Crippen LogP contribution >= 0.6 is 0 Å². The van der Waals surface area contributed by atoms with Crippen LogP contribution in [0.2, 0.25) is 0 Å². The van der Waals surface area contributed by atoms with Crippen LogP contribution in [-0.4, -0.2) is 87.6 Å². The fourth-order valence-electron chi connectivity index (χ4n) is 3.21. The lowest BCUT2D eigenvalue weighted by Gasteiger charge is -2.21. The highest BCUT2D eigenvalue weighted by Crippen LogP contribution is 2.02. The number of nitrogens with one attached hydrogen (secondary N) is 4. The van der Waals surface area contributed by atoms with E-state index in [-0.39, 0.29) is 49.0 Å². The molecule has 0 heterocycles. The van der Waals surface area contributed by atoms with Crippen molar-refractivity contribution in [1.29, 1.82) is 0 Å². The molecule has 4 atom stereocenters. The Labute approximate surface area is 265 Å². The summed E-state index contributed by atoms with van der Waals surface area (Å²) in [4.78, 5) is 25.5. The Morgan fingerprint density at radius 1 is 0.930 bits per heavy atom. The molecule has 1 aromatic rings. The van der Waals surface area contributed by atoms with Gasteiger partial charge in [0.25, 0.3) is 0 Å². The lowest BCUT2D eigenvalue weighted by molar-refractivity contribution is -0.253. The summed E-state index contributed by atoms with van der Waals surface area (Å²) in [5.74, 6) is 0.721. The maximum atomic E-state index is 10.9. The molecule has 0 saturated heterocycles. The molecule has 0 radical (unpaired) electrons. The average Bonchev–Trinajstić information content (AvgIpc) is 2.98. The summed E-state index contributed by atoms with van der Waals surface area (Å²) >= 11 is 0. The van der Waals surface area contributed by atoms with Gasteiger partial charge in [-0.2, -0.15) is 5.48 Å². The Hall–Kier alpha value is -2.04. The number of likely N-dealkylation sites (N-methyl/N-ethyl adjacent to an activating group) is 1. The molecule has 10 N–H and O–H groups in total. The van der Waals surface area contributed by atoms with Gasteiger partial charge in [-0.15, -0.1) is 0 Å². The second-order valence-corrected chi connectivity index (χ2v) is 10.6. The standard InChI is InChI=1S/C12H26N2O2.C10H23N3O3.C7H8O2.CH5N.4H2/c1-9(2)11(6-15)14-8-16-7-12(13-5)10(3)4;1-4-8(10(11)14)12-6-16-5-9(13-15)7(2)3;8-9-6-7-4-2-1-3-5-7;1-2;;;;/h6,9-14H,7-8H2,1-5H3;7-9,12-13,15H,4-6H2,1-3H3,(H2,11,14);1-5,8H,6H2;2H2,1H3;4*1H/t11-,12-;8-,9+;;;;;;/m10....../s1. The van der Waals surface area contributed by atoms with Crippen molar-refractivity contribution in [3.8, 4) is 0 Å². The molecule has 1 rings (SSSR count). The van der Waals surface area contributed by atoms with Gasteiger partial charge in [-0.3, -0.25) is 20.7 Å². The van der Waals surface area contributed by atoms with E-state index in [1.54, 1.807) is 0 Å². The third kappa shape index (κ3) is 26.1. The van der Waals surface area contributed by atoms with Gasteiger partial charge in [-0.25, -0.2) is 4.89 Å². The van der Waals surface area contributed by atoms with Crippen molar-refractivity contribution < 1.29 is 40.1 Å². The molecule has 0 unspecified atom stereocenters. The van der Waals surface area contributed by atoms with Gasteiger partial charge in [-0.05, 0) is 43.8 Å². The van der Waals surface area contributed by atoms with Gasteiger partial charge in [0.1, 0.15) is 12.9 Å². The van der Waals surface area contributed by atoms with Crippen molar-refractivity contribution in [1.82, 2.24) is 21.4 Å². The van der Waals surface area contributed by atoms with Gasteiger partial charge < -0.3 is 36.3 Å². The quantitative estimate of drug-likeness (QED) is 0.0346. The van der Waals surface area contributed by atoms with Crippen LogP contribution < -0.4 is 32.9 Å². The highest BCUT2D eigenvalue weighted by molar-refractivity contribution is 5.79. The summed E-state index contributed by atoms with van der Waals surface area (Å²) in [5.41, 5.74) is 12.8. The topological polar surface area (TPSA) is 202 Å². The number of hydroxylamine groups is 1. The molecule has 13 nitrogen and oxygen atoms in total. The second kappa shape index (κ2) is 31.4. The van der Waals surface area contributed by atoms with Crippen LogP contribution in [0.15, 0.2) is 30.3 Å². The first-order valence-corrected chi connectivity index (χ1v) is 14.8. The SMILES string of the molecule is CC[C@H](NCOC[C@@H](NO)C(C)C)C(N)=O.CN.CN[C@H](COCN[C@H](C=O)C(C)C)C(C)C.OOCc1ccccc1.[HH].[HH].[HH].[HH]. The zero-order chi connectivity index (χ0) is 33.6. The minimum Gasteiger partial charge on any atom is -0.368 e. The van der Waals surface area contributed by atoms with E-state index in [4.69, 9.17) is 25.7 Å². The summed E-state index contributed by atoms with van der Waals surface area (Å²) in [5, 5.41) is 26.0. The van der Waals surface area contributed by atoms with Crippen LogP contribution in [0.1, 0.15) is 66.2 Å². The molecule has 13 heteroatoms. The van der Waals surface area contributed by atoms with Crippen molar-refractivity contribution in [3.05, 3.63) is 35.9 Å². The molecule has 43 heavy (non-hydrogen) atoms. The van der Waals surface area contributed by atoms with Crippen molar-refractivity contribution >= 4 is 12.2 Å². The monoisotopic (exact) mass is 627 g/mol. The van der Waals surface area contributed by atoms with Gasteiger partial charge in [0.05, 0.1) is 44.8 Å². The van der Waals surface area contributed by atoms with Gasteiger partial charge in [0, 0.05) is 11.7 Å². The first-order chi connectivity index (χ1) is 20.5. The molecule has 0 aliphatic heterocycles. The van der Waals surface area contributed by atoms with E-state index in [1.165, 1.54) is 7.05 Å². The first kappa shape index (κ1) is 45.4. The van der Waals surface area contributed by atoms with Crippen molar-refractivity contribution in [2.24, 2.45) is 29.2 Å². The normalized spacial score (nSPS) is 13.5. The van der Waals surface area contributed by atoms with Crippen LogP contribution in [-0.2, 0) is 30.6 Å². The minimum atomic E-state index is -0.383. The van der Waals surface area contributed by atoms with E-state index in [2.05, 4.69) is 45.9 Å². The maximum Gasteiger partial charge on any atom is 0.234 e.